The van der Waals surface area contributed by atoms with E-state index in [4.69, 9.17) is 5.11 Å². The Kier molecular flexibility index (Phi) is 6.42. The van der Waals surface area contributed by atoms with Crippen LogP contribution in [-0.2, 0) is 4.79 Å². The molecular weight excluding hydrogens is 128 g/mol. The molecule has 1 N–H and O–H groups in total. The zero-order valence-corrected chi connectivity index (χ0v) is 4.76. The van der Waals surface area contributed by atoms with Crippen LogP contribution in [0.15, 0.2) is 0 Å². The second kappa shape index (κ2) is 5.27. The van der Waals surface area contributed by atoms with Crippen LogP contribution in [0.25, 0.3) is 0 Å². The molecule has 0 spiro atoms. The molecule has 0 heterocycles. The van der Waals surface area contributed by atoms with E-state index in [9.17, 15) is 4.79 Å². The van der Waals surface area contributed by atoms with Crippen LogP contribution >= 0.6 is 0 Å². The maximum Gasteiger partial charge on any atom is 0.306 e. The SMILES string of the molecule is C.C.O=C(O)C1CCCC1. The Balaban J connectivity index is 0. The zero-order valence-electron chi connectivity index (χ0n) is 4.76. The van der Waals surface area contributed by atoms with Crippen molar-refractivity contribution in [2.24, 2.45) is 5.92 Å². The Bertz CT molecular complexity index is 93.4. The Labute approximate surface area is 63.3 Å². The van der Waals surface area contributed by atoms with Crippen molar-refractivity contribution in [2.75, 3.05) is 0 Å². The summed E-state index contributed by atoms with van der Waals surface area (Å²) in [6.45, 7) is 0. The third kappa shape index (κ3) is 2.85. The molecule has 0 aromatic carbocycles. The highest BCUT2D eigenvalue weighted by molar-refractivity contribution is 5.70. The zero-order chi connectivity index (χ0) is 5.98. The molecule has 1 aliphatic rings. The number of carboxylic acid groups (broad SMARTS) is 1. The van der Waals surface area contributed by atoms with Gasteiger partial charge in [0.05, 0.1) is 5.92 Å². The van der Waals surface area contributed by atoms with Crippen LogP contribution < -0.4 is 0 Å². The topological polar surface area (TPSA) is 37.3 Å². The average Bonchev–Trinajstić information content (AvgIpc) is 2.12. The van der Waals surface area contributed by atoms with Crippen molar-refractivity contribution in [2.45, 2.75) is 40.5 Å². The lowest BCUT2D eigenvalue weighted by Gasteiger charge is -1.97. The summed E-state index contributed by atoms with van der Waals surface area (Å²) in [6.07, 6.45) is 4.01. The van der Waals surface area contributed by atoms with Gasteiger partial charge in [-0.25, -0.2) is 0 Å². The van der Waals surface area contributed by atoms with Crippen molar-refractivity contribution in [1.29, 1.82) is 0 Å². The summed E-state index contributed by atoms with van der Waals surface area (Å²) in [7, 11) is 0. The van der Waals surface area contributed by atoms with E-state index in [0.29, 0.717) is 0 Å². The maximum atomic E-state index is 10.2. The molecule has 0 atom stereocenters. The Morgan fingerprint density at radius 1 is 1.20 bits per heavy atom. The second-order valence-electron chi connectivity index (χ2n) is 2.32. The maximum absolute atomic E-state index is 10.2. The molecule has 10 heavy (non-hydrogen) atoms. The smallest absolute Gasteiger partial charge is 0.306 e. The summed E-state index contributed by atoms with van der Waals surface area (Å²) < 4.78 is 0. The van der Waals surface area contributed by atoms with Gasteiger partial charge in [0.15, 0.2) is 0 Å². The number of carboxylic acids is 1. The number of hydrogen-bond acceptors (Lipinski definition) is 1. The van der Waals surface area contributed by atoms with Crippen LogP contribution in [0.4, 0.5) is 0 Å². The summed E-state index contributed by atoms with van der Waals surface area (Å²) in [5.74, 6) is -0.627. The van der Waals surface area contributed by atoms with Crippen LogP contribution in [0.3, 0.4) is 0 Å². The predicted molar refractivity (Wildman–Crippen MR) is 43.1 cm³/mol. The molecule has 1 aliphatic carbocycles. The highest BCUT2D eigenvalue weighted by atomic mass is 16.4. The van der Waals surface area contributed by atoms with E-state index < -0.39 is 5.97 Å². The van der Waals surface area contributed by atoms with Crippen LogP contribution in [0.2, 0.25) is 0 Å². The highest BCUT2D eigenvalue weighted by Gasteiger charge is 2.20. The predicted octanol–water partition coefficient (Wildman–Crippen LogP) is 2.53. The van der Waals surface area contributed by atoms with E-state index in [0.717, 1.165) is 25.7 Å². The highest BCUT2D eigenvalue weighted by Crippen LogP contribution is 2.24. The summed E-state index contributed by atoms with van der Waals surface area (Å²) in [5, 5.41) is 8.41. The minimum absolute atomic E-state index is 0. The van der Waals surface area contributed by atoms with Crippen molar-refractivity contribution in [3.8, 4) is 0 Å². The summed E-state index contributed by atoms with van der Waals surface area (Å²) >= 11 is 0. The Hall–Kier alpha value is -0.530. The molecule has 0 bridgehead atoms. The third-order valence-corrected chi connectivity index (χ3v) is 1.70. The number of hydrogen-bond donors (Lipinski definition) is 1. The van der Waals surface area contributed by atoms with Crippen molar-refractivity contribution in [3.63, 3.8) is 0 Å². The molecule has 0 aromatic rings. The van der Waals surface area contributed by atoms with Crippen molar-refractivity contribution in [3.05, 3.63) is 0 Å². The van der Waals surface area contributed by atoms with Crippen LogP contribution in [-0.4, -0.2) is 11.1 Å². The fraction of sp³-hybridized carbons (Fsp3) is 0.875. The van der Waals surface area contributed by atoms with E-state index in [1.54, 1.807) is 0 Å². The Morgan fingerprint density at radius 3 is 1.80 bits per heavy atom. The molecule has 2 heteroatoms. The quantitative estimate of drug-likeness (QED) is 0.617. The fourth-order valence-corrected chi connectivity index (χ4v) is 1.17. The van der Waals surface area contributed by atoms with E-state index in [1.165, 1.54) is 0 Å². The molecule has 0 radical (unpaired) electrons. The lowest BCUT2D eigenvalue weighted by atomic mass is 10.1. The van der Waals surface area contributed by atoms with Crippen LogP contribution in [0, 0.1) is 5.92 Å². The van der Waals surface area contributed by atoms with E-state index >= 15 is 0 Å². The molecule has 1 saturated carbocycles. The van der Waals surface area contributed by atoms with Gasteiger partial charge < -0.3 is 5.11 Å². The van der Waals surface area contributed by atoms with Gasteiger partial charge in [0, 0.05) is 0 Å². The number of aliphatic carboxylic acids is 1. The first-order chi connectivity index (χ1) is 3.80. The minimum Gasteiger partial charge on any atom is -0.481 e. The van der Waals surface area contributed by atoms with E-state index in [1.807, 2.05) is 0 Å². The van der Waals surface area contributed by atoms with E-state index in [2.05, 4.69) is 0 Å². The van der Waals surface area contributed by atoms with Crippen molar-refractivity contribution in [1.82, 2.24) is 0 Å². The van der Waals surface area contributed by atoms with Gasteiger partial charge in [0.25, 0.3) is 0 Å². The second-order valence-corrected chi connectivity index (χ2v) is 2.32. The summed E-state index contributed by atoms with van der Waals surface area (Å²) in [4.78, 5) is 10.2. The fourth-order valence-electron chi connectivity index (χ4n) is 1.17. The normalized spacial score (nSPS) is 17.2. The molecule has 0 amide bonds. The largest absolute Gasteiger partial charge is 0.481 e. The average molecular weight is 146 g/mol. The first kappa shape index (κ1) is 12.2. The lowest BCUT2D eigenvalue weighted by molar-refractivity contribution is -0.141. The van der Waals surface area contributed by atoms with Crippen molar-refractivity contribution >= 4 is 5.97 Å². The molecule has 0 unspecified atom stereocenters. The van der Waals surface area contributed by atoms with Gasteiger partial charge in [0.1, 0.15) is 0 Å². The van der Waals surface area contributed by atoms with Gasteiger partial charge in [-0.2, -0.15) is 0 Å². The lowest BCUT2D eigenvalue weighted by Crippen LogP contribution is -2.07. The Morgan fingerprint density at radius 2 is 1.60 bits per heavy atom. The molecule has 0 aromatic heterocycles. The number of carbonyl (C=O) groups is 1. The summed E-state index contributed by atoms with van der Waals surface area (Å²) in [5.41, 5.74) is 0. The number of rotatable bonds is 1. The molecule has 1 fully saturated rings. The van der Waals surface area contributed by atoms with Gasteiger partial charge in [-0.15, -0.1) is 0 Å². The van der Waals surface area contributed by atoms with Crippen LogP contribution in [0.1, 0.15) is 40.5 Å². The first-order valence-corrected chi connectivity index (χ1v) is 3.03. The summed E-state index contributed by atoms with van der Waals surface area (Å²) in [6, 6.07) is 0. The van der Waals surface area contributed by atoms with Crippen LogP contribution in [0.5, 0.6) is 0 Å². The van der Waals surface area contributed by atoms with Gasteiger partial charge in [-0.3, -0.25) is 4.79 Å². The minimum atomic E-state index is -0.609. The van der Waals surface area contributed by atoms with Gasteiger partial charge >= 0.3 is 5.97 Å². The van der Waals surface area contributed by atoms with Crippen molar-refractivity contribution < 1.29 is 9.90 Å². The van der Waals surface area contributed by atoms with Gasteiger partial charge in [-0.1, -0.05) is 27.7 Å². The molecule has 2 nitrogen and oxygen atoms in total. The van der Waals surface area contributed by atoms with E-state index in [-0.39, 0.29) is 20.8 Å². The molecule has 1 rings (SSSR count). The standard InChI is InChI=1S/C6H10O2.2CH4/c7-6(8)5-3-1-2-4-5;;/h5H,1-4H2,(H,7,8);2*1H4. The molecular formula is C8H18O2. The van der Waals surface area contributed by atoms with Gasteiger partial charge in [0.2, 0.25) is 0 Å². The monoisotopic (exact) mass is 146 g/mol. The first-order valence-electron chi connectivity index (χ1n) is 3.03. The third-order valence-electron chi connectivity index (χ3n) is 1.70. The molecule has 62 valence electrons. The molecule has 0 saturated heterocycles. The molecule has 0 aliphatic heterocycles. The van der Waals surface area contributed by atoms with Gasteiger partial charge in [-0.05, 0) is 12.8 Å².